The molecule has 0 radical (unpaired) electrons. The van der Waals surface area contributed by atoms with E-state index >= 15 is 0 Å². The number of nitrogens with zero attached hydrogens (tertiary/aromatic N) is 6. The summed E-state index contributed by atoms with van der Waals surface area (Å²) in [5.74, 6) is -0.687. The van der Waals surface area contributed by atoms with Crippen LogP contribution in [-0.4, -0.2) is 38.3 Å². The van der Waals surface area contributed by atoms with E-state index in [1.165, 1.54) is 7.05 Å². The highest BCUT2D eigenvalue weighted by atomic mass is 16.2. The molecule has 0 aliphatic carbocycles. The molecular formula is C33H18N6O2. The Bertz CT molecular complexity index is 2080. The van der Waals surface area contributed by atoms with Crippen molar-refractivity contribution < 1.29 is 9.59 Å². The minimum atomic E-state index is -0.353. The lowest BCUT2D eigenvalue weighted by molar-refractivity contribution is 0.0693. The molecule has 0 unspecified atom stereocenters. The molecule has 0 saturated heterocycles. The van der Waals surface area contributed by atoms with E-state index in [2.05, 4.69) is 22.1 Å². The van der Waals surface area contributed by atoms with Gasteiger partial charge in [0, 0.05) is 53.7 Å². The number of benzene rings is 3. The van der Waals surface area contributed by atoms with Crippen molar-refractivity contribution in [2.24, 2.45) is 0 Å². The molecule has 8 nitrogen and oxygen atoms in total. The summed E-state index contributed by atoms with van der Waals surface area (Å²) in [6.45, 7) is 0. The molecule has 6 aromatic rings. The summed E-state index contributed by atoms with van der Waals surface area (Å²) in [4.78, 5) is 35.5. The summed E-state index contributed by atoms with van der Waals surface area (Å²) >= 11 is 0. The molecule has 0 N–H and O–H groups in total. The first-order valence-electron chi connectivity index (χ1n) is 12.7. The Kier molecular flexibility index (Phi) is 5.24. The van der Waals surface area contributed by atoms with E-state index < -0.39 is 0 Å². The predicted octanol–water partition coefficient (Wildman–Crippen LogP) is 5.88. The fraction of sp³-hybridized carbons (Fsp3) is 0.0303. The maximum Gasteiger partial charge on any atom is 0.263 e. The van der Waals surface area contributed by atoms with Crippen LogP contribution in [0, 0.1) is 22.7 Å². The SMILES string of the molecule is CN1C(=O)c2cccc(-n3c4ccc(-c5ccncc5C#N)cc4c4cc(-c5cnccc5C#N)ccc43)c2C1=O. The zero-order valence-electron chi connectivity index (χ0n) is 21.7. The third-order valence-corrected chi connectivity index (χ3v) is 7.61. The standard InChI is InChI=1S/C33H18N6O2/c1-38-32(40)24-3-2-4-30(31(24)33(38)41)39-28-7-5-19(23-10-12-36-17-22(23)16-35)13-25(28)26-14-20(6-8-29(26)39)27-18-37-11-9-21(27)15-34/h2-14,17-18H,1H3. The Morgan fingerprint density at radius 1 is 0.683 bits per heavy atom. The van der Waals surface area contributed by atoms with Gasteiger partial charge in [0.1, 0.15) is 6.07 Å². The zero-order chi connectivity index (χ0) is 28.2. The van der Waals surface area contributed by atoms with E-state index in [0.29, 0.717) is 33.5 Å². The maximum absolute atomic E-state index is 13.2. The number of hydrogen-bond donors (Lipinski definition) is 0. The van der Waals surface area contributed by atoms with Crippen LogP contribution in [0.1, 0.15) is 31.8 Å². The van der Waals surface area contributed by atoms with Crippen molar-refractivity contribution in [3.63, 3.8) is 0 Å². The number of aromatic nitrogens is 3. The number of fused-ring (bicyclic) bond motifs is 4. The van der Waals surface area contributed by atoms with Gasteiger partial charge in [-0.3, -0.25) is 24.5 Å². The lowest BCUT2D eigenvalue weighted by Crippen LogP contribution is -2.24. The van der Waals surface area contributed by atoms with E-state index in [1.807, 2.05) is 53.1 Å². The molecule has 3 aromatic carbocycles. The molecule has 0 saturated carbocycles. The number of rotatable bonds is 3. The first-order valence-corrected chi connectivity index (χ1v) is 12.7. The first-order chi connectivity index (χ1) is 20.0. The van der Waals surface area contributed by atoms with Gasteiger partial charge >= 0.3 is 0 Å². The number of amides is 2. The van der Waals surface area contributed by atoms with Gasteiger partial charge in [0.25, 0.3) is 11.8 Å². The highest BCUT2D eigenvalue weighted by molar-refractivity contribution is 6.23. The molecule has 2 amide bonds. The average molecular weight is 531 g/mol. The molecule has 0 atom stereocenters. The summed E-state index contributed by atoms with van der Waals surface area (Å²) in [6.07, 6.45) is 6.45. The molecule has 8 heteroatoms. The van der Waals surface area contributed by atoms with E-state index in [0.717, 1.165) is 43.4 Å². The number of carbonyl (C=O) groups is 2. The smallest absolute Gasteiger partial charge is 0.263 e. The molecule has 0 fully saturated rings. The highest BCUT2D eigenvalue weighted by Gasteiger charge is 2.35. The van der Waals surface area contributed by atoms with Crippen LogP contribution in [0.4, 0.5) is 0 Å². The van der Waals surface area contributed by atoms with E-state index in [4.69, 9.17) is 0 Å². The summed E-state index contributed by atoms with van der Waals surface area (Å²) in [5.41, 5.74) is 7.04. The molecule has 192 valence electrons. The third-order valence-electron chi connectivity index (χ3n) is 7.61. The Balaban J connectivity index is 1.58. The van der Waals surface area contributed by atoms with Crippen LogP contribution in [0.25, 0.3) is 49.7 Å². The van der Waals surface area contributed by atoms with Crippen molar-refractivity contribution in [2.75, 3.05) is 7.05 Å². The molecule has 3 aromatic heterocycles. The van der Waals surface area contributed by atoms with Crippen molar-refractivity contribution in [2.45, 2.75) is 0 Å². The fourth-order valence-corrected chi connectivity index (χ4v) is 5.65. The van der Waals surface area contributed by atoms with Gasteiger partial charge in [-0.05, 0) is 59.7 Å². The van der Waals surface area contributed by atoms with Gasteiger partial charge in [-0.1, -0.05) is 18.2 Å². The quantitative estimate of drug-likeness (QED) is 0.264. The molecule has 7 rings (SSSR count). The number of hydrogen-bond acceptors (Lipinski definition) is 6. The predicted molar refractivity (Wildman–Crippen MR) is 153 cm³/mol. The van der Waals surface area contributed by atoms with Crippen LogP contribution >= 0.6 is 0 Å². The van der Waals surface area contributed by atoms with Gasteiger partial charge in [-0.25, -0.2) is 0 Å². The Morgan fingerprint density at radius 3 is 2.05 bits per heavy atom. The summed E-state index contributed by atoms with van der Waals surface area (Å²) in [5, 5.41) is 21.2. The van der Waals surface area contributed by atoms with Crippen LogP contribution in [0.3, 0.4) is 0 Å². The summed E-state index contributed by atoms with van der Waals surface area (Å²) < 4.78 is 1.99. The van der Waals surface area contributed by atoms with Gasteiger partial charge < -0.3 is 4.57 Å². The van der Waals surface area contributed by atoms with Crippen LogP contribution in [0.2, 0.25) is 0 Å². The Labute approximate surface area is 234 Å². The van der Waals surface area contributed by atoms with Gasteiger partial charge in [0.05, 0.1) is 45.0 Å². The van der Waals surface area contributed by atoms with Crippen LogP contribution in [0.15, 0.2) is 91.5 Å². The minimum absolute atomic E-state index is 0.334. The molecule has 0 spiro atoms. The zero-order valence-corrected chi connectivity index (χ0v) is 21.7. The van der Waals surface area contributed by atoms with Gasteiger partial charge in [-0.15, -0.1) is 0 Å². The van der Waals surface area contributed by atoms with Crippen LogP contribution in [0.5, 0.6) is 0 Å². The summed E-state index contributed by atoms with van der Waals surface area (Å²) in [7, 11) is 1.49. The number of nitriles is 2. The van der Waals surface area contributed by atoms with E-state index in [9.17, 15) is 20.1 Å². The second kappa shape index (κ2) is 8.98. The lowest BCUT2D eigenvalue weighted by Gasteiger charge is -2.12. The second-order valence-electron chi connectivity index (χ2n) is 9.73. The van der Waals surface area contributed by atoms with Crippen molar-refractivity contribution >= 4 is 33.6 Å². The molecule has 0 bridgehead atoms. The van der Waals surface area contributed by atoms with Crippen molar-refractivity contribution in [1.29, 1.82) is 10.5 Å². The van der Waals surface area contributed by atoms with Gasteiger partial charge in [0.2, 0.25) is 0 Å². The molecule has 41 heavy (non-hydrogen) atoms. The topological polar surface area (TPSA) is 116 Å². The van der Waals surface area contributed by atoms with Crippen molar-refractivity contribution in [1.82, 2.24) is 19.4 Å². The Morgan fingerprint density at radius 2 is 1.34 bits per heavy atom. The fourth-order valence-electron chi connectivity index (χ4n) is 5.65. The van der Waals surface area contributed by atoms with Gasteiger partial charge in [-0.2, -0.15) is 10.5 Å². The van der Waals surface area contributed by atoms with Crippen LogP contribution in [-0.2, 0) is 0 Å². The van der Waals surface area contributed by atoms with E-state index in [-0.39, 0.29) is 11.8 Å². The lowest BCUT2D eigenvalue weighted by atomic mass is 9.98. The average Bonchev–Trinajstić information content (AvgIpc) is 3.46. The summed E-state index contributed by atoms with van der Waals surface area (Å²) in [6, 6.07) is 25.0. The van der Waals surface area contributed by atoms with Crippen molar-refractivity contribution in [3.05, 3.63) is 114 Å². The molecule has 1 aliphatic heterocycles. The molecule has 4 heterocycles. The highest BCUT2D eigenvalue weighted by Crippen LogP contribution is 2.39. The normalized spacial score (nSPS) is 12.5. The Hall–Kier alpha value is -6.12. The largest absolute Gasteiger partial charge is 0.308 e. The molecule has 1 aliphatic rings. The van der Waals surface area contributed by atoms with Crippen molar-refractivity contribution in [3.8, 4) is 40.1 Å². The number of carbonyl (C=O) groups excluding carboxylic acids is 2. The second-order valence-corrected chi connectivity index (χ2v) is 9.73. The monoisotopic (exact) mass is 530 g/mol. The molecular weight excluding hydrogens is 512 g/mol. The number of pyridine rings is 2. The van der Waals surface area contributed by atoms with E-state index in [1.54, 1.807) is 43.0 Å². The third kappa shape index (κ3) is 3.45. The first kappa shape index (κ1) is 24.0. The maximum atomic E-state index is 13.2. The van der Waals surface area contributed by atoms with Gasteiger partial charge in [0.15, 0.2) is 0 Å². The van der Waals surface area contributed by atoms with Crippen LogP contribution < -0.4 is 0 Å². The minimum Gasteiger partial charge on any atom is -0.308 e. The number of imide groups is 1.